The van der Waals surface area contributed by atoms with Gasteiger partial charge in [-0.3, -0.25) is 10.1 Å². The van der Waals surface area contributed by atoms with Gasteiger partial charge >= 0.3 is 0 Å². The fourth-order valence-corrected chi connectivity index (χ4v) is 5.29. The summed E-state index contributed by atoms with van der Waals surface area (Å²) in [7, 11) is -2.23. The number of sulfonamides is 1. The van der Waals surface area contributed by atoms with Crippen LogP contribution in [0.2, 0.25) is 0 Å². The van der Waals surface area contributed by atoms with Crippen molar-refractivity contribution >= 4 is 39.0 Å². The number of nitrogens with zero attached hydrogens (tertiary/aromatic N) is 2. The number of methoxy groups -OCH3 is 1. The number of carbonyl (C=O) groups is 1. The lowest BCUT2D eigenvalue weighted by molar-refractivity contribution is -0.111. The van der Waals surface area contributed by atoms with Gasteiger partial charge in [-0.25, -0.2) is 13.4 Å². The first kappa shape index (κ1) is 21.1. The maximum Gasteiger partial charge on any atom is 0.250 e. The summed E-state index contributed by atoms with van der Waals surface area (Å²) in [6, 6.07) is 12.3. The summed E-state index contributed by atoms with van der Waals surface area (Å²) >= 11 is 0. The van der Waals surface area contributed by atoms with Crippen LogP contribution in [0.4, 0.5) is 5.95 Å². The summed E-state index contributed by atoms with van der Waals surface area (Å²) in [6.07, 6.45) is 5.64. The van der Waals surface area contributed by atoms with Gasteiger partial charge in [0.05, 0.1) is 18.1 Å². The number of nitrogens with one attached hydrogen (secondary N) is 2. The second-order valence-electron chi connectivity index (χ2n) is 7.30. The summed E-state index contributed by atoms with van der Waals surface area (Å²) in [5, 5.41) is 2.68. The van der Waals surface area contributed by atoms with E-state index in [9.17, 15) is 13.2 Å². The topological polar surface area (TPSA) is 104 Å². The third-order valence-electron chi connectivity index (χ3n) is 5.18. The number of anilines is 1. The van der Waals surface area contributed by atoms with Gasteiger partial charge in [-0.1, -0.05) is 24.6 Å². The molecule has 3 aromatic rings. The third kappa shape index (κ3) is 4.62. The van der Waals surface area contributed by atoms with Crippen molar-refractivity contribution < 1.29 is 17.9 Å². The van der Waals surface area contributed by atoms with Crippen molar-refractivity contribution in [2.45, 2.75) is 24.2 Å². The quantitative estimate of drug-likeness (QED) is 0.572. The molecule has 31 heavy (non-hydrogen) atoms. The Kier molecular flexibility index (Phi) is 6.06. The van der Waals surface area contributed by atoms with Crippen LogP contribution in [0.5, 0.6) is 5.75 Å². The fourth-order valence-electron chi connectivity index (χ4n) is 3.59. The average molecular weight is 441 g/mol. The van der Waals surface area contributed by atoms with E-state index in [1.807, 2.05) is 24.3 Å². The van der Waals surface area contributed by atoms with Crippen LogP contribution in [0.25, 0.3) is 17.1 Å². The molecule has 1 saturated heterocycles. The smallest absolute Gasteiger partial charge is 0.250 e. The van der Waals surface area contributed by atoms with Crippen molar-refractivity contribution in [1.29, 1.82) is 0 Å². The lowest BCUT2D eigenvalue weighted by Gasteiger charge is -2.26. The highest BCUT2D eigenvalue weighted by Crippen LogP contribution is 2.30. The first-order valence-corrected chi connectivity index (χ1v) is 11.5. The predicted molar refractivity (Wildman–Crippen MR) is 119 cm³/mol. The zero-order chi connectivity index (χ0) is 21.8. The number of amides is 1. The van der Waals surface area contributed by atoms with Gasteiger partial charge in [0, 0.05) is 19.2 Å². The Morgan fingerprint density at radius 3 is 2.68 bits per heavy atom. The number of hydrogen-bond acceptors (Lipinski definition) is 5. The Balaban J connectivity index is 1.53. The Morgan fingerprint density at radius 2 is 1.94 bits per heavy atom. The van der Waals surface area contributed by atoms with Crippen LogP contribution in [0.3, 0.4) is 0 Å². The van der Waals surface area contributed by atoms with E-state index in [0.717, 1.165) is 30.3 Å². The number of H-pyrrole nitrogens is 1. The van der Waals surface area contributed by atoms with Crippen LogP contribution in [0.1, 0.15) is 24.8 Å². The first-order chi connectivity index (χ1) is 15.0. The third-order valence-corrected chi connectivity index (χ3v) is 7.10. The molecule has 0 bridgehead atoms. The molecular weight excluding hydrogens is 416 g/mol. The molecule has 0 saturated carbocycles. The van der Waals surface area contributed by atoms with E-state index in [4.69, 9.17) is 4.74 Å². The summed E-state index contributed by atoms with van der Waals surface area (Å²) < 4.78 is 33.0. The number of ether oxygens (including phenoxy) is 1. The van der Waals surface area contributed by atoms with Crippen LogP contribution in [-0.4, -0.2) is 48.8 Å². The molecular formula is C22H24N4O4S. The number of imidazole rings is 1. The minimum Gasteiger partial charge on any atom is -0.495 e. The lowest BCUT2D eigenvalue weighted by Crippen LogP contribution is -2.35. The number of rotatable bonds is 6. The summed E-state index contributed by atoms with van der Waals surface area (Å²) in [6.45, 7) is 1.01. The van der Waals surface area contributed by atoms with Crippen molar-refractivity contribution in [2.24, 2.45) is 0 Å². The van der Waals surface area contributed by atoms with Crippen molar-refractivity contribution in [1.82, 2.24) is 14.3 Å². The van der Waals surface area contributed by atoms with Gasteiger partial charge in [0.15, 0.2) is 0 Å². The zero-order valence-electron chi connectivity index (χ0n) is 17.2. The molecule has 4 rings (SSSR count). The van der Waals surface area contributed by atoms with Gasteiger partial charge in [-0.05, 0) is 48.7 Å². The van der Waals surface area contributed by atoms with Gasteiger partial charge in [-0.15, -0.1) is 0 Å². The van der Waals surface area contributed by atoms with Gasteiger partial charge in [0.25, 0.3) is 5.91 Å². The molecule has 1 aromatic heterocycles. The highest BCUT2D eigenvalue weighted by Gasteiger charge is 2.29. The minimum absolute atomic E-state index is 0.108. The molecule has 0 unspecified atom stereocenters. The fraction of sp³-hybridized carbons (Fsp3) is 0.273. The van der Waals surface area contributed by atoms with E-state index < -0.39 is 10.0 Å². The zero-order valence-corrected chi connectivity index (χ0v) is 18.0. The first-order valence-electron chi connectivity index (χ1n) is 10.1. The number of piperidine rings is 1. The van der Waals surface area contributed by atoms with Crippen LogP contribution < -0.4 is 10.1 Å². The second kappa shape index (κ2) is 8.91. The van der Waals surface area contributed by atoms with Gasteiger partial charge in [0.1, 0.15) is 10.6 Å². The summed E-state index contributed by atoms with van der Waals surface area (Å²) in [5.74, 6) is 0.253. The Bertz CT molecular complexity index is 1190. The normalized spacial score (nSPS) is 15.4. The van der Waals surface area contributed by atoms with E-state index in [1.54, 1.807) is 18.2 Å². The number of fused-ring (bicyclic) bond motifs is 1. The predicted octanol–water partition coefficient (Wildman–Crippen LogP) is 3.40. The number of aromatic amines is 1. The van der Waals surface area contributed by atoms with E-state index in [2.05, 4.69) is 15.3 Å². The molecule has 1 aliphatic heterocycles. The second-order valence-corrected chi connectivity index (χ2v) is 9.21. The monoisotopic (exact) mass is 440 g/mol. The van der Waals surface area contributed by atoms with Gasteiger partial charge in [0.2, 0.25) is 16.0 Å². The van der Waals surface area contributed by atoms with E-state index in [1.165, 1.54) is 23.6 Å². The molecule has 0 atom stereocenters. The molecule has 8 nitrogen and oxygen atoms in total. The van der Waals surface area contributed by atoms with Gasteiger partial charge < -0.3 is 9.72 Å². The largest absolute Gasteiger partial charge is 0.495 e. The molecule has 2 aromatic carbocycles. The Morgan fingerprint density at radius 1 is 1.16 bits per heavy atom. The van der Waals surface area contributed by atoms with Crippen LogP contribution in [0.15, 0.2) is 53.4 Å². The van der Waals surface area contributed by atoms with Crippen molar-refractivity contribution in [3.05, 3.63) is 54.1 Å². The number of para-hydroxylation sites is 2. The highest BCUT2D eigenvalue weighted by atomic mass is 32.2. The SMILES string of the molecule is COc1ccc(C=CC(=O)Nc2nc3ccccc3[nH]2)cc1S(=O)(=O)N1CCCCC1. The van der Waals surface area contributed by atoms with E-state index >= 15 is 0 Å². The van der Waals surface area contributed by atoms with Crippen molar-refractivity contribution in [3.63, 3.8) is 0 Å². The average Bonchev–Trinajstić information content (AvgIpc) is 3.20. The summed E-state index contributed by atoms with van der Waals surface area (Å²) in [4.78, 5) is 19.7. The minimum atomic E-state index is -3.67. The molecule has 1 aliphatic rings. The van der Waals surface area contributed by atoms with Gasteiger partial charge in [-0.2, -0.15) is 4.31 Å². The molecule has 162 valence electrons. The standard InChI is InChI=1S/C22H24N4O4S/c1-30-19-11-9-16(15-20(19)31(28,29)26-13-5-2-6-14-26)10-12-21(27)25-22-23-17-7-3-4-8-18(17)24-22/h3-4,7-12,15H,2,5-6,13-14H2,1H3,(H2,23,24,25,27). The van der Waals surface area contributed by atoms with E-state index in [-0.39, 0.29) is 16.6 Å². The number of aromatic nitrogens is 2. The Labute approximate surface area is 181 Å². The highest BCUT2D eigenvalue weighted by molar-refractivity contribution is 7.89. The molecule has 1 fully saturated rings. The number of hydrogen-bond donors (Lipinski definition) is 2. The molecule has 0 radical (unpaired) electrons. The van der Waals surface area contributed by atoms with Crippen LogP contribution in [0, 0.1) is 0 Å². The molecule has 2 N–H and O–H groups in total. The van der Waals surface area contributed by atoms with Crippen molar-refractivity contribution in [3.8, 4) is 5.75 Å². The number of benzene rings is 2. The van der Waals surface area contributed by atoms with E-state index in [0.29, 0.717) is 24.6 Å². The molecule has 0 spiro atoms. The molecule has 1 amide bonds. The Hall–Kier alpha value is -3.17. The summed E-state index contributed by atoms with van der Waals surface area (Å²) in [5.41, 5.74) is 2.16. The van der Waals surface area contributed by atoms with Crippen molar-refractivity contribution in [2.75, 3.05) is 25.5 Å². The molecule has 9 heteroatoms. The van der Waals surface area contributed by atoms with Crippen LogP contribution in [-0.2, 0) is 14.8 Å². The maximum absolute atomic E-state index is 13.1. The lowest BCUT2D eigenvalue weighted by atomic mass is 10.2. The number of carbonyl (C=O) groups excluding carboxylic acids is 1. The maximum atomic E-state index is 13.1. The van der Waals surface area contributed by atoms with Crippen LogP contribution >= 0.6 is 0 Å². The molecule has 2 heterocycles. The molecule has 0 aliphatic carbocycles.